The van der Waals surface area contributed by atoms with Gasteiger partial charge in [-0.15, -0.1) is 0 Å². The number of hydrogen-bond donors (Lipinski definition) is 1. The van der Waals surface area contributed by atoms with Crippen molar-refractivity contribution in [2.45, 2.75) is 36.3 Å². The molecule has 5 rings (SSSR count). The van der Waals surface area contributed by atoms with Crippen LogP contribution in [0, 0.1) is 0 Å². The molecule has 3 aromatic carbocycles. The molecular formula is C29H26N2O2S. The van der Waals surface area contributed by atoms with E-state index in [4.69, 9.17) is 0 Å². The van der Waals surface area contributed by atoms with Crippen LogP contribution in [-0.2, 0) is 10.2 Å². The van der Waals surface area contributed by atoms with Gasteiger partial charge in [-0.1, -0.05) is 103 Å². The number of H-pyrrole nitrogens is 1. The summed E-state index contributed by atoms with van der Waals surface area (Å²) in [5, 5.41) is 0.648. The molecule has 0 saturated carbocycles. The van der Waals surface area contributed by atoms with Crippen molar-refractivity contribution in [2.24, 2.45) is 0 Å². The molecule has 0 amide bonds. The number of carbonyl (C=O) groups is 1. The van der Waals surface area contributed by atoms with Crippen LogP contribution in [0.5, 0.6) is 0 Å². The van der Waals surface area contributed by atoms with Crippen LogP contribution >= 0.6 is 11.8 Å². The predicted octanol–water partition coefficient (Wildman–Crippen LogP) is 6.26. The number of aromatic nitrogens is 2. The van der Waals surface area contributed by atoms with Crippen LogP contribution in [0.3, 0.4) is 0 Å². The van der Waals surface area contributed by atoms with Gasteiger partial charge in [0.05, 0.1) is 11.1 Å². The molecule has 170 valence electrons. The Morgan fingerprint density at radius 2 is 1.47 bits per heavy atom. The van der Waals surface area contributed by atoms with Gasteiger partial charge in [-0.25, -0.2) is 4.98 Å². The lowest BCUT2D eigenvalue weighted by atomic mass is 9.75. The van der Waals surface area contributed by atoms with Crippen LogP contribution in [-0.4, -0.2) is 22.0 Å². The zero-order valence-corrected chi connectivity index (χ0v) is 19.7. The van der Waals surface area contributed by atoms with E-state index in [1.165, 1.54) is 17.2 Å². The Balaban J connectivity index is 1.21. The van der Waals surface area contributed by atoms with E-state index in [0.717, 1.165) is 54.4 Å². The number of fused-ring (bicyclic) bond motifs is 3. The van der Waals surface area contributed by atoms with Gasteiger partial charge >= 0.3 is 0 Å². The van der Waals surface area contributed by atoms with Gasteiger partial charge in [0.2, 0.25) is 0 Å². The van der Waals surface area contributed by atoms with E-state index >= 15 is 0 Å². The molecule has 4 nitrogen and oxygen atoms in total. The number of aromatic amines is 1. The highest BCUT2D eigenvalue weighted by Gasteiger charge is 2.42. The average Bonchev–Trinajstić information content (AvgIpc) is 3.17. The van der Waals surface area contributed by atoms with Crippen molar-refractivity contribution in [1.82, 2.24) is 9.97 Å². The number of rotatable bonds is 9. The second-order valence-corrected chi connectivity index (χ2v) is 9.72. The molecule has 0 radical (unpaired) electrons. The summed E-state index contributed by atoms with van der Waals surface area (Å²) in [7, 11) is 0. The van der Waals surface area contributed by atoms with Crippen LogP contribution in [0.15, 0.2) is 94.9 Å². The molecule has 0 unspecified atom stereocenters. The van der Waals surface area contributed by atoms with Crippen LogP contribution in [0.2, 0.25) is 0 Å². The fraction of sp³-hybridized carbons (Fsp3) is 0.207. The molecule has 4 aromatic rings. The lowest BCUT2D eigenvalue weighted by molar-refractivity contribution is -0.111. The maximum absolute atomic E-state index is 12.5. The normalized spacial score (nSPS) is 13.3. The van der Waals surface area contributed by atoms with Crippen LogP contribution in [0.4, 0.5) is 0 Å². The topological polar surface area (TPSA) is 62.8 Å². The second-order valence-electron chi connectivity index (χ2n) is 8.64. The van der Waals surface area contributed by atoms with Crippen molar-refractivity contribution in [3.63, 3.8) is 0 Å². The first-order valence-corrected chi connectivity index (χ1v) is 12.7. The van der Waals surface area contributed by atoms with Gasteiger partial charge in [-0.2, -0.15) is 0 Å². The van der Waals surface area contributed by atoms with Crippen molar-refractivity contribution >= 4 is 18.0 Å². The van der Waals surface area contributed by atoms with E-state index in [2.05, 4.69) is 34.2 Å². The first kappa shape index (κ1) is 22.4. The Morgan fingerprint density at radius 1 is 0.824 bits per heavy atom. The number of unbranched alkanes of at least 4 members (excludes halogenated alkanes) is 2. The minimum absolute atomic E-state index is 0.136. The Kier molecular flexibility index (Phi) is 6.45. The lowest BCUT2D eigenvalue weighted by Crippen LogP contribution is -2.27. The molecule has 0 bridgehead atoms. The summed E-state index contributed by atoms with van der Waals surface area (Å²) < 4.78 is 0. The van der Waals surface area contributed by atoms with Crippen LogP contribution < -0.4 is 5.56 Å². The first-order valence-electron chi connectivity index (χ1n) is 11.7. The minimum Gasteiger partial charge on any atom is -0.302 e. The monoisotopic (exact) mass is 466 g/mol. The molecule has 1 heterocycles. The van der Waals surface area contributed by atoms with Gasteiger partial charge in [0, 0.05) is 17.4 Å². The van der Waals surface area contributed by atoms with Gasteiger partial charge in [-0.3, -0.25) is 4.79 Å². The molecule has 0 fully saturated rings. The van der Waals surface area contributed by atoms with Gasteiger partial charge in [-0.05, 0) is 35.1 Å². The summed E-state index contributed by atoms with van der Waals surface area (Å²) in [6.45, 7) is 0. The van der Waals surface area contributed by atoms with Crippen molar-refractivity contribution in [3.05, 3.63) is 106 Å². The highest BCUT2D eigenvalue weighted by molar-refractivity contribution is 7.99. The van der Waals surface area contributed by atoms with Gasteiger partial charge in [0.15, 0.2) is 5.16 Å². The molecule has 1 aromatic heterocycles. The van der Waals surface area contributed by atoms with Gasteiger partial charge in [0.25, 0.3) is 5.56 Å². The van der Waals surface area contributed by atoms with E-state index < -0.39 is 5.41 Å². The smallest absolute Gasteiger partial charge is 0.252 e. The Hall–Kier alpha value is -3.44. The summed E-state index contributed by atoms with van der Waals surface area (Å²) in [4.78, 5) is 32.0. The zero-order valence-electron chi connectivity index (χ0n) is 18.9. The van der Waals surface area contributed by atoms with E-state index in [9.17, 15) is 9.59 Å². The van der Waals surface area contributed by atoms with Crippen molar-refractivity contribution in [3.8, 4) is 22.4 Å². The number of carbonyl (C=O) groups excluding carboxylic acids is 1. The highest BCUT2D eigenvalue weighted by atomic mass is 32.2. The molecule has 1 N–H and O–H groups in total. The van der Waals surface area contributed by atoms with E-state index in [1.54, 1.807) is 11.8 Å². The quantitative estimate of drug-likeness (QED) is 0.137. The maximum Gasteiger partial charge on any atom is 0.252 e. The first-order chi connectivity index (χ1) is 16.7. The minimum atomic E-state index is -0.558. The summed E-state index contributed by atoms with van der Waals surface area (Å²) >= 11 is 1.57. The average molecular weight is 467 g/mol. The predicted molar refractivity (Wildman–Crippen MR) is 138 cm³/mol. The lowest BCUT2D eigenvalue weighted by Gasteiger charge is -2.25. The molecule has 0 atom stereocenters. The standard InChI is InChI=1S/C29H26N2O2S/c32-20-29(24-15-7-5-13-22(24)23-14-6-8-16-25(23)29)17-9-2-10-18-34-28-30-26(19-27(33)31-28)21-11-3-1-4-12-21/h1,3-8,11-16,19-20H,2,9-10,17-18H2,(H,30,31,33). The van der Waals surface area contributed by atoms with Crippen molar-refractivity contribution in [2.75, 3.05) is 5.75 Å². The number of nitrogens with one attached hydrogen (secondary N) is 1. The molecule has 1 aliphatic rings. The van der Waals surface area contributed by atoms with Crippen LogP contribution in [0.25, 0.3) is 22.4 Å². The van der Waals surface area contributed by atoms with Gasteiger partial charge < -0.3 is 9.78 Å². The summed E-state index contributed by atoms with van der Waals surface area (Å²) in [6.07, 6.45) is 4.90. The third kappa shape index (κ3) is 4.24. The molecule has 0 aliphatic heterocycles. The van der Waals surface area contributed by atoms with Crippen LogP contribution in [0.1, 0.15) is 36.8 Å². The number of nitrogens with zero attached hydrogens (tertiary/aromatic N) is 1. The zero-order chi connectivity index (χ0) is 23.4. The van der Waals surface area contributed by atoms with E-state index in [0.29, 0.717) is 10.9 Å². The highest BCUT2D eigenvalue weighted by Crippen LogP contribution is 2.50. The fourth-order valence-electron chi connectivity index (χ4n) is 4.93. The van der Waals surface area contributed by atoms with Crippen molar-refractivity contribution < 1.29 is 4.79 Å². The molecule has 34 heavy (non-hydrogen) atoms. The Morgan fingerprint density at radius 3 is 2.15 bits per heavy atom. The van der Waals surface area contributed by atoms with E-state index in [-0.39, 0.29) is 5.56 Å². The summed E-state index contributed by atoms with van der Waals surface area (Å²) in [6, 6.07) is 27.8. The largest absolute Gasteiger partial charge is 0.302 e. The Bertz CT molecular complexity index is 1320. The fourth-order valence-corrected chi connectivity index (χ4v) is 5.80. The number of thioether (sulfide) groups is 1. The summed E-state index contributed by atoms with van der Waals surface area (Å²) in [5.74, 6) is 0.864. The Labute approximate surface area is 203 Å². The molecule has 0 saturated heterocycles. The molecule has 1 aliphatic carbocycles. The molecular weight excluding hydrogens is 440 g/mol. The third-order valence-corrected chi connectivity index (χ3v) is 7.51. The SMILES string of the molecule is O=CC1(CCCCCSc2nc(-c3ccccc3)cc(=O)[nH]2)c2ccccc2-c2ccccc21. The van der Waals surface area contributed by atoms with Crippen molar-refractivity contribution in [1.29, 1.82) is 0 Å². The number of benzene rings is 3. The summed E-state index contributed by atoms with van der Waals surface area (Å²) in [5.41, 5.74) is 5.54. The molecule has 5 heteroatoms. The maximum atomic E-state index is 12.5. The number of hydrogen-bond acceptors (Lipinski definition) is 4. The van der Waals surface area contributed by atoms with Gasteiger partial charge in [0.1, 0.15) is 6.29 Å². The second kappa shape index (κ2) is 9.82. The third-order valence-electron chi connectivity index (χ3n) is 6.55. The molecule has 0 spiro atoms. The number of aldehydes is 1. The van der Waals surface area contributed by atoms with E-state index in [1.807, 2.05) is 54.6 Å².